The summed E-state index contributed by atoms with van der Waals surface area (Å²) >= 11 is 0. The summed E-state index contributed by atoms with van der Waals surface area (Å²) in [4.78, 5) is 14.5. The van der Waals surface area contributed by atoms with Crippen LogP contribution in [0.4, 0.5) is 0 Å². The molecule has 4 heteroatoms. The minimum Gasteiger partial charge on any atom is -0.342 e. The molecule has 0 saturated carbocycles. The van der Waals surface area contributed by atoms with E-state index in [1.807, 2.05) is 0 Å². The molecule has 2 fully saturated rings. The Bertz CT molecular complexity index is 314. The number of nitrogens with zero attached hydrogens (tertiary/aromatic N) is 1. The maximum absolute atomic E-state index is 12.3. The Morgan fingerprint density at radius 2 is 1.95 bits per heavy atom. The van der Waals surface area contributed by atoms with E-state index < -0.39 is 0 Å². The van der Waals surface area contributed by atoms with Gasteiger partial charge in [-0.05, 0) is 42.7 Å². The Balaban J connectivity index is 0.00000180. The second-order valence-electron chi connectivity index (χ2n) is 7.28. The van der Waals surface area contributed by atoms with Gasteiger partial charge in [-0.1, -0.05) is 27.7 Å². The quantitative estimate of drug-likeness (QED) is 0.847. The van der Waals surface area contributed by atoms with Crippen LogP contribution in [-0.2, 0) is 4.79 Å². The van der Waals surface area contributed by atoms with Crippen molar-refractivity contribution in [3.63, 3.8) is 0 Å². The van der Waals surface area contributed by atoms with Gasteiger partial charge < -0.3 is 10.2 Å². The van der Waals surface area contributed by atoms with Gasteiger partial charge in [0, 0.05) is 19.5 Å². The smallest absolute Gasteiger partial charge is 0.222 e. The van der Waals surface area contributed by atoms with Gasteiger partial charge >= 0.3 is 0 Å². The van der Waals surface area contributed by atoms with Crippen molar-refractivity contribution in [2.75, 3.05) is 26.2 Å². The molecule has 3 nitrogen and oxygen atoms in total. The third-order valence-electron chi connectivity index (χ3n) is 5.02. The van der Waals surface area contributed by atoms with Crippen LogP contribution in [-0.4, -0.2) is 37.0 Å². The molecule has 0 spiro atoms. The van der Waals surface area contributed by atoms with Crippen molar-refractivity contribution >= 4 is 18.3 Å². The molecule has 2 rings (SSSR count). The fourth-order valence-electron chi connectivity index (χ4n) is 2.96. The van der Waals surface area contributed by atoms with E-state index in [0.29, 0.717) is 24.2 Å². The van der Waals surface area contributed by atoms with Crippen LogP contribution in [0.15, 0.2) is 0 Å². The minimum atomic E-state index is 0. The number of carbonyl (C=O) groups excluding carboxylic acids is 1. The van der Waals surface area contributed by atoms with E-state index in [1.54, 1.807) is 0 Å². The first-order chi connectivity index (χ1) is 8.38. The lowest BCUT2D eigenvalue weighted by molar-refractivity contribution is -0.135. The van der Waals surface area contributed by atoms with Crippen molar-refractivity contribution in [2.24, 2.45) is 23.2 Å². The van der Waals surface area contributed by atoms with E-state index in [2.05, 4.69) is 37.9 Å². The molecule has 2 aliphatic rings. The molecule has 3 unspecified atom stereocenters. The summed E-state index contributed by atoms with van der Waals surface area (Å²) in [5, 5.41) is 3.45. The molecule has 3 atom stereocenters. The summed E-state index contributed by atoms with van der Waals surface area (Å²) < 4.78 is 0. The van der Waals surface area contributed by atoms with Crippen LogP contribution >= 0.6 is 12.4 Å². The van der Waals surface area contributed by atoms with Crippen molar-refractivity contribution in [3.8, 4) is 0 Å². The van der Waals surface area contributed by atoms with E-state index in [1.165, 1.54) is 6.42 Å². The average molecular weight is 289 g/mol. The first-order valence-electron chi connectivity index (χ1n) is 7.36. The Hall–Kier alpha value is -0.280. The molecular formula is C15H29ClN2O. The summed E-state index contributed by atoms with van der Waals surface area (Å²) in [6.45, 7) is 13.1. The zero-order chi connectivity index (χ0) is 13.3. The van der Waals surface area contributed by atoms with Crippen molar-refractivity contribution < 1.29 is 4.79 Å². The van der Waals surface area contributed by atoms with Crippen LogP contribution in [0.1, 0.15) is 40.5 Å². The maximum atomic E-state index is 12.3. The molecule has 2 saturated heterocycles. The Labute approximate surface area is 123 Å². The van der Waals surface area contributed by atoms with Gasteiger partial charge in [-0.3, -0.25) is 4.79 Å². The number of halogens is 1. The lowest BCUT2D eigenvalue weighted by Crippen LogP contribution is -2.44. The molecule has 2 heterocycles. The highest BCUT2D eigenvalue weighted by Gasteiger charge is 2.35. The minimum absolute atomic E-state index is 0. The van der Waals surface area contributed by atoms with Crippen molar-refractivity contribution in [1.29, 1.82) is 0 Å². The fraction of sp³-hybridized carbons (Fsp3) is 0.933. The standard InChI is InChI=1S/C15H28N2O.ClH/c1-11(15(2,3)4)7-14(18)17-6-5-12-8-16-9-13(12)10-17;/h11-13,16H,5-10H2,1-4H3;1H. The van der Waals surface area contributed by atoms with Gasteiger partial charge in [0.1, 0.15) is 0 Å². The van der Waals surface area contributed by atoms with Crippen LogP contribution in [0, 0.1) is 23.2 Å². The van der Waals surface area contributed by atoms with Crippen LogP contribution in [0.5, 0.6) is 0 Å². The van der Waals surface area contributed by atoms with Crippen molar-refractivity contribution in [3.05, 3.63) is 0 Å². The molecule has 112 valence electrons. The summed E-state index contributed by atoms with van der Waals surface area (Å²) in [5.41, 5.74) is 0.225. The largest absolute Gasteiger partial charge is 0.342 e. The zero-order valence-electron chi connectivity index (χ0n) is 12.7. The van der Waals surface area contributed by atoms with Gasteiger partial charge in [0.25, 0.3) is 0 Å². The molecule has 0 radical (unpaired) electrons. The van der Waals surface area contributed by atoms with E-state index in [-0.39, 0.29) is 17.8 Å². The molecule has 0 aromatic carbocycles. The number of hydrogen-bond acceptors (Lipinski definition) is 2. The number of fused-ring (bicyclic) bond motifs is 1. The molecule has 2 aliphatic heterocycles. The van der Waals surface area contributed by atoms with Crippen LogP contribution in [0.3, 0.4) is 0 Å². The van der Waals surface area contributed by atoms with Crippen molar-refractivity contribution in [1.82, 2.24) is 10.2 Å². The average Bonchev–Trinajstić information content (AvgIpc) is 2.74. The molecular weight excluding hydrogens is 260 g/mol. The second kappa shape index (κ2) is 6.45. The van der Waals surface area contributed by atoms with Gasteiger partial charge in [0.15, 0.2) is 0 Å². The molecule has 19 heavy (non-hydrogen) atoms. The van der Waals surface area contributed by atoms with Gasteiger partial charge in [-0.25, -0.2) is 0 Å². The highest BCUT2D eigenvalue weighted by atomic mass is 35.5. The Morgan fingerprint density at radius 3 is 2.58 bits per heavy atom. The lowest BCUT2D eigenvalue weighted by atomic mass is 9.79. The predicted molar refractivity (Wildman–Crippen MR) is 81.5 cm³/mol. The Morgan fingerprint density at radius 1 is 1.32 bits per heavy atom. The maximum Gasteiger partial charge on any atom is 0.222 e. The van der Waals surface area contributed by atoms with Crippen LogP contribution in [0.2, 0.25) is 0 Å². The van der Waals surface area contributed by atoms with E-state index in [9.17, 15) is 4.79 Å². The van der Waals surface area contributed by atoms with Gasteiger partial charge in [-0.2, -0.15) is 0 Å². The topological polar surface area (TPSA) is 32.3 Å². The summed E-state index contributed by atoms with van der Waals surface area (Å²) in [6.07, 6.45) is 1.89. The number of carbonyl (C=O) groups is 1. The van der Waals surface area contributed by atoms with Gasteiger partial charge in [0.2, 0.25) is 5.91 Å². The lowest BCUT2D eigenvalue weighted by Gasteiger charge is -2.36. The number of rotatable bonds is 2. The molecule has 1 amide bonds. The number of amides is 1. The summed E-state index contributed by atoms with van der Waals surface area (Å²) in [5.74, 6) is 2.33. The number of likely N-dealkylation sites (tertiary alicyclic amines) is 1. The van der Waals surface area contributed by atoms with E-state index >= 15 is 0 Å². The Kier molecular flexibility index (Phi) is 5.69. The first-order valence-corrected chi connectivity index (χ1v) is 7.36. The van der Waals surface area contributed by atoms with E-state index in [0.717, 1.165) is 32.1 Å². The fourth-order valence-corrected chi connectivity index (χ4v) is 2.96. The molecule has 0 aromatic rings. The summed E-state index contributed by atoms with van der Waals surface area (Å²) in [7, 11) is 0. The third kappa shape index (κ3) is 4.09. The molecule has 0 aromatic heterocycles. The summed E-state index contributed by atoms with van der Waals surface area (Å²) in [6, 6.07) is 0. The van der Waals surface area contributed by atoms with E-state index in [4.69, 9.17) is 0 Å². The number of nitrogens with one attached hydrogen (secondary N) is 1. The van der Waals surface area contributed by atoms with Gasteiger partial charge in [0.05, 0.1) is 0 Å². The highest BCUT2D eigenvalue weighted by Crippen LogP contribution is 2.31. The van der Waals surface area contributed by atoms with Gasteiger partial charge in [-0.15, -0.1) is 12.4 Å². The third-order valence-corrected chi connectivity index (χ3v) is 5.02. The highest BCUT2D eigenvalue weighted by molar-refractivity contribution is 5.85. The molecule has 1 N–H and O–H groups in total. The number of hydrogen-bond donors (Lipinski definition) is 1. The zero-order valence-corrected chi connectivity index (χ0v) is 13.6. The molecule has 0 aliphatic carbocycles. The normalized spacial score (nSPS) is 28.5. The second-order valence-corrected chi connectivity index (χ2v) is 7.28. The SMILES string of the molecule is CC(CC(=O)N1CCC2CNCC2C1)C(C)(C)C.Cl. The van der Waals surface area contributed by atoms with Crippen LogP contribution in [0.25, 0.3) is 0 Å². The predicted octanol–water partition coefficient (Wildman–Crippen LogP) is 2.55. The first kappa shape index (κ1) is 16.8. The monoisotopic (exact) mass is 288 g/mol. The molecule has 0 bridgehead atoms. The van der Waals surface area contributed by atoms with Crippen molar-refractivity contribution in [2.45, 2.75) is 40.5 Å². The number of piperidine rings is 1. The van der Waals surface area contributed by atoms with Crippen LogP contribution < -0.4 is 5.32 Å².